The SMILES string of the molecule is C1CCNC1.COc1cc(N2CCN(C(=O)Cn3nc(N4CCCC4)c(Cl)c3C)CC2)ccc1Cl. The first kappa shape index (κ1) is 25.9. The van der Waals surface area contributed by atoms with E-state index < -0.39 is 0 Å². The van der Waals surface area contributed by atoms with Crippen molar-refractivity contribution in [3.8, 4) is 5.75 Å². The van der Waals surface area contributed by atoms with E-state index in [4.69, 9.17) is 27.9 Å². The van der Waals surface area contributed by atoms with Crippen LogP contribution in [0.2, 0.25) is 10.0 Å². The summed E-state index contributed by atoms with van der Waals surface area (Å²) in [5.41, 5.74) is 1.90. The standard InChI is InChI=1S/C21H27Cl2N5O2.C4H9N/c1-15-20(23)21(27-7-3-4-8-27)24-28(15)14-19(29)26-11-9-25(10-12-26)16-5-6-17(22)18(13-16)30-2;1-2-4-5-3-1/h5-6,13H,3-4,7-12,14H2,1-2H3;5H,1-4H2. The minimum Gasteiger partial charge on any atom is -0.495 e. The van der Waals surface area contributed by atoms with Gasteiger partial charge in [-0.15, -0.1) is 0 Å². The van der Waals surface area contributed by atoms with E-state index in [-0.39, 0.29) is 12.5 Å². The number of aromatic nitrogens is 2. The Balaban J connectivity index is 0.000000514. The molecule has 3 aliphatic heterocycles. The molecule has 0 spiro atoms. The van der Waals surface area contributed by atoms with Crippen LogP contribution in [0.3, 0.4) is 0 Å². The molecule has 0 atom stereocenters. The van der Waals surface area contributed by atoms with Crippen molar-refractivity contribution in [3.63, 3.8) is 0 Å². The molecule has 35 heavy (non-hydrogen) atoms. The summed E-state index contributed by atoms with van der Waals surface area (Å²) in [4.78, 5) is 19.2. The fourth-order valence-electron chi connectivity index (χ4n) is 4.71. The number of nitrogens with zero attached hydrogens (tertiary/aromatic N) is 5. The summed E-state index contributed by atoms with van der Waals surface area (Å²) >= 11 is 12.6. The van der Waals surface area contributed by atoms with Crippen LogP contribution in [0.25, 0.3) is 0 Å². The Morgan fingerprint density at radius 1 is 1.00 bits per heavy atom. The molecule has 0 radical (unpaired) electrons. The molecule has 0 saturated carbocycles. The normalized spacial score (nSPS) is 18.0. The molecular formula is C25H36Cl2N6O2. The number of nitrogens with one attached hydrogen (secondary N) is 1. The highest BCUT2D eigenvalue weighted by Gasteiger charge is 2.25. The van der Waals surface area contributed by atoms with E-state index in [1.54, 1.807) is 11.8 Å². The lowest BCUT2D eigenvalue weighted by atomic mass is 10.2. The number of carbonyl (C=O) groups excluding carboxylic acids is 1. The zero-order chi connectivity index (χ0) is 24.8. The average molecular weight is 524 g/mol. The molecule has 0 unspecified atom stereocenters. The van der Waals surface area contributed by atoms with E-state index >= 15 is 0 Å². The molecule has 4 heterocycles. The summed E-state index contributed by atoms with van der Waals surface area (Å²) in [6.45, 7) is 9.43. The maximum Gasteiger partial charge on any atom is 0.244 e. The van der Waals surface area contributed by atoms with Crippen molar-refractivity contribution in [2.45, 2.75) is 39.2 Å². The van der Waals surface area contributed by atoms with Crippen molar-refractivity contribution in [1.29, 1.82) is 0 Å². The molecule has 1 aromatic heterocycles. The lowest BCUT2D eigenvalue weighted by molar-refractivity contribution is -0.132. The number of anilines is 2. The van der Waals surface area contributed by atoms with E-state index in [0.29, 0.717) is 28.9 Å². The van der Waals surface area contributed by atoms with Crippen molar-refractivity contribution in [2.24, 2.45) is 0 Å². The average Bonchev–Trinajstić information content (AvgIpc) is 3.66. The third-order valence-electron chi connectivity index (χ3n) is 6.90. The Bertz CT molecular complexity index is 988. The van der Waals surface area contributed by atoms with Gasteiger partial charge in [-0.25, -0.2) is 0 Å². The van der Waals surface area contributed by atoms with Crippen molar-refractivity contribution in [3.05, 3.63) is 33.9 Å². The first-order valence-electron chi connectivity index (χ1n) is 12.5. The summed E-state index contributed by atoms with van der Waals surface area (Å²) in [7, 11) is 1.61. The van der Waals surface area contributed by atoms with Gasteiger partial charge in [0, 0.05) is 51.0 Å². The Morgan fingerprint density at radius 2 is 1.69 bits per heavy atom. The lowest BCUT2D eigenvalue weighted by Gasteiger charge is -2.36. The molecule has 5 rings (SSSR count). The number of amides is 1. The van der Waals surface area contributed by atoms with Gasteiger partial charge in [0.2, 0.25) is 5.91 Å². The van der Waals surface area contributed by atoms with Crippen LogP contribution >= 0.6 is 23.2 Å². The Hall–Kier alpha value is -2.16. The maximum absolute atomic E-state index is 12.9. The summed E-state index contributed by atoms with van der Waals surface area (Å²) in [6, 6.07) is 5.77. The predicted molar refractivity (Wildman–Crippen MR) is 142 cm³/mol. The van der Waals surface area contributed by atoms with Gasteiger partial charge in [0.25, 0.3) is 0 Å². The Kier molecular flexibility index (Phi) is 9.03. The fraction of sp³-hybridized carbons (Fsp3) is 0.600. The molecular weight excluding hydrogens is 487 g/mol. The van der Waals surface area contributed by atoms with Gasteiger partial charge in [0.05, 0.1) is 17.8 Å². The molecule has 10 heteroatoms. The second-order valence-corrected chi connectivity index (χ2v) is 10.0. The minimum atomic E-state index is 0.0681. The first-order valence-corrected chi connectivity index (χ1v) is 13.3. The number of hydrogen-bond acceptors (Lipinski definition) is 6. The van der Waals surface area contributed by atoms with Gasteiger partial charge in [0.1, 0.15) is 17.3 Å². The van der Waals surface area contributed by atoms with Gasteiger partial charge in [0.15, 0.2) is 5.82 Å². The van der Waals surface area contributed by atoms with Crippen LogP contribution < -0.4 is 19.9 Å². The van der Waals surface area contributed by atoms with Crippen LogP contribution in [-0.2, 0) is 11.3 Å². The van der Waals surface area contributed by atoms with Gasteiger partial charge in [-0.1, -0.05) is 23.2 Å². The number of halogens is 2. The van der Waals surface area contributed by atoms with Gasteiger partial charge < -0.3 is 24.8 Å². The van der Waals surface area contributed by atoms with Crippen LogP contribution in [0.4, 0.5) is 11.5 Å². The minimum absolute atomic E-state index is 0.0681. The fourth-order valence-corrected chi connectivity index (χ4v) is 5.16. The van der Waals surface area contributed by atoms with E-state index in [0.717, 1.165) is 56.2 Å². The number of hydrogen-bond donors (Lipinski definition) is 1. The number of benzene rings is 1. The first-order chi connectivity index (χ1) is 17.0. The van der Waals surface area contributed by atoms with E-state index in [2.05, 4.69) is 20.2 Å². The molecule has 3 fully saturated rings. The number of methoxy groups -OCH3 is 1. The highest BCUT2D eigenvalue weighted by atomic mass is 35.5. The Morgan fingerprint density at radius 3 is 2.29 bits per heavy atom. The lowest BCUT2D eigenvalue weighted by Crippen LogP contribution is -2.49. The Labute approximate surface area is 218 Å². The second-order valence-electron chi connectivity index (χ2n) is 9.22. The predicted octanol–water partition coefficient (Wildman–Crippen LogP) is 3.83. The van der Waals surface area contributed by atoms with Gasteiger partial charge in [-0.2, -0.15) is 5.10 Å². The summed E-state index contributed by atoms with van der Waals surface area (Å²) in [5, 5.41) is 9.12. The van der Waals surface area contributed by atoms with E-state index in [9.17, 15) is 4.79 Å². The highest BCUT2D eigenvalue weighted by Crippen LogP contribution is 2.31. The maximum atomic E-state index is 12.9. The summed E-state index contributed by atoms with van der Waals surface area (Å²) < 4.78 is 7.06. The number of rotatable bonds is 5. The highest BCUT2D eigenvalue weighted by molar-refractivity contribution is 6.33. The third kappa shape index (κ3) is 6.35. The molecule has 2 aromatic rings. The van der Waals surface area contributed by atoms with Gasteiger partial charge in [-0.05, 0) is 57.8 Å². The smallest absolute Gasteiger partial charge is 0.244 e. The molecule has 192 valence electrons. The monoisotopic (exact) mass is 522 g/mol. The third-order valence-corrected chi connectivity index (χ3v) is 7.65. The molecule has 8 nitrogen and oxygen atoms in total. The second kappa shape index (κ2) is 12.2. The topological polar surface area (TPSA) is 65.9 Å². The zero-order valence-electron chi connectivity index (χ0n) is 20.7. The molecule has 0 aliphatic carbocycles. The molecule has 1 N–H and O–H groups in total. The zero-order valence-corrected chi connectivity index (χ0v) is 22.2. The number of ether oxygens (including phenoxy) is 1. The van der Waals surface area contributed by atoms with Gasteiger partial charge in [-0.3, -0.25) is 9.48 Å². The molecule has 3 aliphatic rings. The molecule has 3 saturated heterocycles. The van der Waals surface area contributed by atoms with Crippen molar-refractivity contribution in [2.75, 3.05) is 69.3 Å². The molecule has 0 bridgehead atoms. The van der Waals surface area contributed by atoms with Gasteiger partial charge >= 0.3 is 0 Å². The number of piperazine rings is 1. The van der Waals surface area contributed by atoms with Crippen LogP contribution in [0.15, 0.2) is 18.2 Å². The molecule has 1 aromatic carbocycles. The van der Waals surface area contributed by atoms with Crippen LogP contribution in [0, 0.1) is 6.92 Å². The largest absolute Gasteiger partial charge is 0.495 e. The van der Waals surface area contributed by atoms with Crippen molar-refractivity contribution in [1.82, 2.24) is 20.0 Å². The summed E-state index contributed by atoms with van der Waals surface area (Å²) in [5.74, 6) is 1.53. The molecule has 1 amide bonds. The van der Waals surface area contributed by atoms with Crippen LogP contribution in [-0.4, -0.2) is 80.1 Å². The van der Waals surface area contributed by atoms with Crippen molar-refractivity contribution >= 4 is 40.6 Å². The number of carbonyl (C=O) groups is 1. The van der Waals surface area contributed by atoms with Crippen LogP contribution in [0.5, 0.6) is 5.75 Å². The van der Waals surface area contributed by atoms with Crippen molar-refractivity contribution < 1.29 is 9.53 Å². The van der Waals surface area contributed by atoms with E-state index in [1.165, 1.54) is 25.9 Å². The van der Waals surface area contributed by atoms with Crippen LogP contribution in [0.1, 0.15) is 31.4 Å². The summed E-state index contributed by atoms with van der Waals surface area (Å²) in [6.07, 6.45) is 5.09. The van der Waals surface area contributed by atoms with E-state index in [1.807, 2.05) is 30.0 Å². The quantitative estimate of drug-likeness (QED) is 0.643.